The van der Waals surface area contributed by atoms with Gasteiger partial charge in [0, 0.05) is 19.5 Å². The summed E-state index contributed by atoms with van der Waals surface area (Å²) < 4.78 is 31.5. The average Bonchev–Trinajstić information content (AvgIpc) is 2.73. The molecule has 1 aromatic rings. The zero-order valence-electron chi connectivity index (χ0n) is 14.5. The largest absolute Gasteiger partial charge is 0.360 e. The SMILES string of the molecule is Cc1noc(C)c1S(=O)(=O)NCCC(=O)NCCCC(C)(C)C. The van der Waals surface area contributed by atoms with E-state index in [2.05, 4.69) is 36.0 Å². The summed E-state index contributed by atoms with van der Waals surface area (Å²) in [6.45, 7) is 10.2. The predicted molar refractivity (Wildman–Crippen MR) is 87.5 cm³/mol. The fourth-order valence-electron chi connectivity index (χ4n) is 2.16. The number of sulfonamides is 1. The van der Waals surface area contributed by atoms with Crippen LogP contribution in [0, 0.1) is 19.3 Å². The Bertz CT molecular complexity index is 610. The van der Waals surface area contributed by atoms with Crippen LogP contribution >= 0.6 is 0 Å². The number of hydrogen-bond donors (Lipinski definition) is 2. The maximum atomic E-state index is 12.1. The first kappa shape index (κ1) is 19.6. The molecule has 7 nitrogen and oxygen atoms in total. The number of aromatic nitrogens is 1. The van der Waals surface area contributed by atoms with Crippen molar-refractivity contribution in [3.05, 3.63) is 11.5 Å². The Morgan fingerprint density at radius 3 is 2.39 bits per heavy atom. The standard InChI is InChI=1S/C15H27N3O4S/c1-11-14(12(2)22-18-11)23(20,21)17-10-7-13(19)16-9-6-8-15(3,4)5/h17H,6-10H2,1-5H3,(H,16,19). The quantitative estimate of drug-likeness (QED) is 0.701. The van der Waals surface area contributed by atoms with Gasteiger partial charge in [-0.2, -0.15) is 0 Å². The molecule has 0 aliphatic carbocycles. The van der Waals surface area contributed by atoms with Gasteiger partial charge in [-0.25, -0.2) is 13.1 Å². The highest BCUT2D eigenvalue weighted by molar-refractivity contribution is 7.89. The van der Waals surface area contributed by atoms with Crippen molar-refractivity contribution in [3.63, 3.8) is 0 Å². The van der Waals surface area contributed by atoms with Crippen molar-refractivity contribution < 1.29 is 17.7 Å². The number of amides is 1. The van der Waals surface area contributed by atoms with E-state index in [0.717, 1.165) is 12.8 Å². The van der Waals surface area contributed by atoms with Gasteiger partial charge < -0.3 is 9.84 Å². The summed E-state index contributed by atoms with van der Waals surface area (Å²) in [7, 11) is -3.70. The minimum absolute atomic E-state index is 0.0392. The minimum Gasteiger partial charge on any atom is -0.360 e. The molecule has 0 aliphatic rings. The van der Waals surface area contributed by atoms with Crippen molar-refractivity contribution in [2.45, 2.75) is 58.8 Å². The summed E-state index contributed by atoms with van der Waals surface area (Å²) in [6.07, 6.45) is 2.02. The molecule has 0 saturated carbocycles. The first-order valence-electron chi connectivity index (χ1n) is 7.72. The normalized spacial score (nSPS) is 12.4. The fourth-order valence-corrected chi connectivity index (χ4v) is 3.52. The van der Waals surface area contributed by atoms with Crippen molar-refractivity contribution in [1.82, 2.24) is 15.2 Å². The van der Waals surface area contributed by atoms with Crippen LogP contribution in [-0.2, 0) is 14.8 Å². The fraction of sp³-hybridized carbons (Fsp3) is 0.733. The van der Waals surface area contributed by atoms with Gasteiger partial charge in [0.15, 0.2) is 5.76 Å². The molecule has 1 heterocycles. The van der Waals surface area contributed by atoms with Crippen molar-refractivity contribution in [1.29, 1.82) is 0 Å². The average molecular weight is 345 g/mol. The zero-order chi connectivity index (χ0) is 17.7. The highest BCUT2D eigenvalue weighted by Gasteiger charge is 2.23. The zero-order valence-corrected chi connectivity index (χ0v) is 15.3. The second-order valence-corrected chi connectivity index (χ2v) is 8.52. The Hall–Kier alpha value is -1.41. The first-order chi connectivity index (χ1) is 10.5. The van der Waals surface area contributed by atoms with Crippen LogP contribution in [0.3, 0.4) is 0 Å². The van der Waals surface area contributed by atoms with Crippen LogP contribution in [0.4, 0.5) is 0 Å². The molecule has 8 heteroatoms. The van der Waals surface area contributed by atoms with Crippen molar-refractivity contribution in [2.24, 2.45) is 5.41 Å². The van der Waals surface area contributed by atoms with Gasteiger partial charge >= 0.3 is 0 Å². The monoisotopic (exact) mass is 345 g/mol. The second-order valence-electron chi connectivity index (χ2n) is 6.82. The van der Waals surface area contributed by atoms with E-state index in [0.29, 0.717) is 12.2 Å². The molecule has 0 aromatic carbocycles. The lowest BCUT2D eigenvalue weighted by Gasteiger charge is -2.17. The summed E-state index contributed by atoms with van der Waals surface area (Å²) in [5, 5.41) is 6.42. The molecule has 23 heavy (non-hydrogen) atoms. The Balaban J connectivity index is 2.35. The molecule has 0 aliphatic heterocycles. The van der Waals surface area contributed by atoms with Crippen molar-refractivity contribution in [2.75, 3.05) is 13.1 Å². The number of carbonyl (C=O) groups is 1. The predicted octanol–water partition coefficient (Wildman–Crippen LogP) is 1.90. The third kappa shape index (κ3) is 6.70. The summed E-state index contributed by atoms with van der Waals surface area (Å²) in [4.78, 5) is 11.7. The van der Waals surface area contributed by atoms with Crippen molar-refractivity contribution >= 4 is 15.9 Å². The highest BCUT2D eigenvalue weighted by Crippen LogP contribution is 2.20. The Morgan fingerprint density at radius 1 is 1.22 bits per heavy atom. The van der Waals surface area contributed by atoms with Gasteiger partial charge in [-0.3, -0.25) is 4.79 Å². The van der Waals surface area contributed by atoms with E-state index in [1.54, 1.807) is 6.92 Å². The first-order valence-corrected chi connectivity index (χ1v) is 9.20. The molecule has 132 valence electrons. The summed E-state index contributed by atoms with van der Waals surface area (Å²) in [5.74, 6) is 0.0713. The molecule has 0 atom stereocenters. The Morgan fingerprint density at radius 2 is 1.87 bits per heavy atom. The molecule has 1 rings (SSSR count). The molecular formula is C15H27N3O4S. The molecule has 0 spiro atoms. The molecule has 0 bridgehead atoms. The third-order valence-electron chi connectivity index (χ3n) is 3.31. The van der Waals surface area contributed by atoms with Crippen molar-refractivity contribution in [3.8, 4) is 0 Å². The number of nitrogens with one attached hydrogen (secondary N) is 2. The van der Waals surface area contributed by atoms with E-state index in [-0.39, 0.29) is 34.9 Å². The number of hydrogen-bond acceptors (Lipinski definition) is 5. The molecule has 1 aromatic heterocycles. The van der Waals surface area contributed by atoms with Gasteiger partial charge in [-0.15, -0.1) is 0 Å². The lowest BCUT2D eigenvalue weighted by molar-refractivity contribution is -0.120. The minimum atomic E-state index is -3.70. The maximum Gasteiger partial charge on any atom is 0.245 e. The molecule has 2 N–H and O–H groups in total. The van der Waals surface area contributed by atoms with E-state index < -0.39 is 10.0 Å². The van der Waals surface area contributed by atoms with Crippen LogP contribution in [0.25, 0.3) is 0 Å². The number of nitrogens with zero attached hydrogens (tertiary/aromatic N) is 1. The summed E-state index contributed by atoms with van der Waals surface area (Å²) in [6, 6.07) is 0. The van der Waals surface area contributed by atoms with Crippen LogP contribution in [0.15, 0.2) is 9.42 Å². The Labute approximate surface area is 138 Å². The maximum absolute atomic E-state index is 12.1. The number of carbonyl (C=O) groups excluding carboxylic acids is 1. The summed E-state index contributed by atoms with van der Waals surface area (Å²) in [5.41, 5.74) is 0.552. The van der Waals surface area contributed by atoms with Crippen LogP contribution in [0.1, 0.15) is 51.5 Å². The highest BCUT2D eigenvalue weighted by atomic mass is 32.2. The van der Waals surface area contributed by atoms with Gasteiger partial charge in [0.1, 0.15) is 10.6 Å². The number of aryl methyl sites for hydroxylation is 2. The van der Waals surface area contributed by atoms with Gasteiger partial charge in [-0.1, -0.05) is 25.9 Å². The lowest BCUT2D eigenvalue weighted by Crippen LogP contribution is -2.31. The molecule has 1 amide bonds. The van der Waals surface area contributed by atoms with Gasteiger partial charge in [-0.05, 0) is 32.1 Å². The molecule has 0 unspecified atom stereocenters. The van der Waals surface area contributed by atoms with E-state index in [1.165, 1.54) is 6.92 Å². The van der Waals surface area contributed by atoms with E-state index in [1.807, 2.05) is 0 Å². The lowest BCUT2D eigenvalue weighted by atomic mass is 9.91. The van der Waals surface area contributed by atoms with E-state index >= 15 is 0 Å². The van der Waals surface area contributed by atoms with E-state index in [4.69, 9.17) is 4.52 Å². The number of rotatable bonds is 8. The second kappa shape index (κ2) is 7.92. The summed E-state index contributed by atoms with van der Waals surface area (Å²) >= 11 is 0. The van der Waals surface area contributed by atoms with Gasteiger partial charge in [0.2, 0.25) is 15.9 Å². The molecular weight excluding hydrogens is 318 g/mol. The smallest absolute Gasteiger partial charge is 0.245 e. The van der Waals surface area contributed by atoms with E-state index in [9.17, 15) is 13.2 Å². The van der Waals surface area contributed by atoms with Crippen LogP contribution in [0.5, 0.6) is 0 Å². The van der Waals surface area contributed by atoms with Crippen LogP contribution in [0.2, 0.25) is 0 Å². The Kier molecular flexibility index (Phi) is 6.76. The molecule has 0 radical (unpaired) electrons. The van der Waals surface area contributed by atoms with Crippen LogP contribution in [-0.4, -0.2) is 32.6 Å². The van der Waals surface area contributed by atoms with Crippen LogP contribution < -0.4 is 10.0 Å². The molecule has 0 fully saturated rings. The van der Waals surface area contributed by atoms with Gasteiger partial charge in [0.25, 0.3) is 0 Å². The topological polar surface area (TPSA) is 101 Å². The third-order valence-corrected chi connectivity index (χ3v) is 5.01. The van der Waals surface area contributed by atoms with Gasteiger partial charge in [0.05, 0.1) is 0 Å². The molecule has 0 saturated heterocycles.